The van der Waals surface area contributed by atoms with Crippen molar-refractivity contribution in [3.8, 4) is 23.0 Å². The summed E-state index contributed by atoms with van der Waals surface area (Å²) in [6.07, 6.45) is 1.71. The Morgan fingerprint density at radius 1 is 1.21 bits per heavy atom. The lowest BCUT2D eigenvalue weighted by molar-refractivity contribution is 0.431. The number of nitrogens with two attached hydrogens (primary N) is 1. The summed E-state index contributed by atoms with van der Waals surface area (Å²) in [5.74, 6) is -1.71. The Hall–Kier alpha value is -2.70. The number of aromatic amines is 1. The second-order valence-corrected chi connectivity index (χ2v) is 3.86. The molecule has 2 heterocycles. The fourth-order valence-electron chi connectivity index (χ4n) is 1.66. The number of benzene rings is 1. The molecule has 0 aliphatic carbocycles. The van der Waals surface area contributed by atoms with Crippen LogP contribution in [0.1, 0.15) is 0 Å². The molecule has 0 atom stereocenters. The molecule has 0 aliphatic rings. The maximum atomic E-state index is 13.2. The van der Waals surface area contributed by atoms with Gasteiger partial charge in [0.2, 0.25) is 5.82 Å². The zero-order valence-electron chi connectivity index (χ0n) is 9.52. The van der Waals surface area contributed by atoms with Crippen LogP contribution in [0.3, 0.4) is 0 Å². The van der Waals surface area contributed by atoms with Crippen LogP contribution in [-0.2, 0) is 0 Å². The van der Waals surface area contributed by atoms with Crippen LogP contribution in [0.5, 0.6) is 0 Å². The van der Waals surface area contributed by atoms with Crippen molar-refractivity contribution in [3.05, 3.63) is 42.1 Å². The maximum absolute atomic E-state index is 13.2. The summed E-state index contributed by atoms with van der Waals surface area (Å²) < 4.78 is 31.2. The maximum Gasteiger partial charge on any atom is 0.260 e. The Labute approximate surface area is 106 Å². The van der Waals surface area contributed by atoms with Gasteiger partial charge in [0.05, 0.1) is 11.3 Å². The van der Waals surface area contributed by atoms with E-state index in [-0.39, 0.29) is 17.1 Å². The largest absolute Gasteiger partial charge is 0.398 e. The van der Waals surface area contributed by atoms with Gasteiger partial charge in [-0.05, 0) is 18.2 Å². The quantitative estimate of drug-likeness (QED) is 0.695. The molecule has 0 unspecified atom stereocenters. The van der Waals surface area contributed by atoms with Crippen molar-refractivity contribution in [2.24, 2.45) is 0 Å². The van der Waals surface area contributed by atoms with Crippen molar-refractivity contribution in [1.29, 1.82) is 0 Å². The highest BCUT2D eigenvalue weighted by atomic mass is 19.2. The molecule has 2 aromatic heterocycles. The molecule has 0 radical (unpaired) electrons. The van der Waals surface area contributed by atoms with E-state index in [0.717, 1.165) is 12.1 Å². The number of nitrogens with zero attached hydrogens (tertiary/aromatic N) is 2. The molecule has 0 saturated carbocycles. The number of anilines is 1. The Balaban J connectivity index is 2.06. The van der Waals surface area contributed by atoms with Crippen molar-refractivity contribution in [2.45, 2.75) is 0 Å². The van der Waals surface area contributed by atoms with Gasteiger partial charge in [0, 0.05) is 18.0 Å². The van der Waals surface area contributed by atoms with Crippen LogP contribution in [-0.4, -0.2) is 15.1 Å². The zero-order chi connectivity index (χ0) is 13.4. The molecule has 1 aromatic carbocycles. The van der Waals surface area contributed by atoms with Gasteiger partial charge < -0.3 is 15.2 Å². The molecule has 0 aliphatic heterocycles. The van der Waals surface area contributed by atoms with E-state index in [1.807, 2.05) is 0 Å². The topological polar surface area (TPSA) is 80.7 Å². The minimum absolute atomic E-state index is 0.0283. The first-order chi connectivity index (χ1) is 9.15. The fourth-order valence-corrected chi connectivity index (χ4v) is 1.66. The van der Waals surface area contributed by atoms with Crippen molar-refractivity contribution in [1.82, 2.24) is 15.1 Å². The molecule has 7 heteroatoms. The number of nitrogen functional groups attached to an aromatic ring is 1. The normalized spacial score (nSPS) is 10.8. The summed E-state index contributed by atoms with van der Waals surface area (Å²) in [4.78, 5) is 6.98. The first kappa shape index (κ1) is 11.4. The third-order valence-corrected chi connectivity index (χ3v) is 2.59. The second-order valence-electron chi connectivity index (χ2n) is 3.86. The molecule has 3 N–H and O–H groups in total. The molecule has 0 spiro atoms. The second kappa shape index (κ2) is 4.20. The van der Waals surface area contributed by atoms with Crippen LogP contribution in [0, 0.1) is 11.6 Å². The number of aromatic nitrogens is 3. The summed E-state index contributed by atoms with van der Waals surface area (Å²) in [5.41, 5.74) is 6.44. The molecule has 5 nitrogen and oxygen atoms in total. The van der Waals surface area contributed by atoms with E-state index in [1.54, 1.807) is 18.3 Å². The van der Waals surface area contributed by atoms with Crippen LogP contribution in [0.4, 0.5) is 14.5 Å². The first-order valence-electron chi connectivity index (χ1n) is 5.37. The van der Waals surface area contributed by atoms with Crippen molar-refractivity contribution < 1.29 is 13.3 Å². The molecule has 96 valence electrons. The summed E-state index contributed by atoms with van der Waals surface area (Å²) in [6.45, 7) is 0. The Kier molecular flexibility index (Phi) is 2.52. The number of hydrogen-bond acceptors (Lipinski definition) is 4. The van der Waals surface area contributed by atoms with Gasteiger partial charge in [0.15, 0.2) is 11.6 Å². The molecular formula is C12H8F2N4O. The van der Waals surface area contributed by atoms with E-state index in [4.69, 9.17) is 10.3 Å². The van der Waals surface area contributed by atoms with E-state index in [2.05, 4.69) is 15.1 Å². The third-order valence-electron chi connectivity index (χ3n) is 2.59. The standard InChI is InChI=1S/C12H8F2N4O/c13-7-4-6(9(15)5-8(7)14)12-17-11(18-19-12)10-2-1-3-16-10/h1-5,16H,15H2. The Morgan fingerprint density at radius 2 is 2.00 bits per heavy atom. The molecular weight excluding hydrogens is 254 g/mol. The van der Waals surface area contributed by atoms with Crippen molar-refractivity contribution in [2.75, 3.05) is 5.73 Å². The lowest BCUT2D eigenvalue weighted by atomic mass is 10.1. The van der Waals surface area contributed by atoms with Gasteiger partial charge in [-0.2, -0.15) is 4.98 Å². The molecule has 0 bridgehead atoms. The predicted octanol–water partition coefficient (Wildman–Crippen LogP) is 2.59. The number of rotatable bonds is 2. The number of halogens is 2. The Morgan fingerprint density at radius 3 is 2.74 bits per heavy atom. The number of hydrogen-bond donors (Lipinski definition) is 2. The van der Waals surface area contributed by atoms with Gasteiger partial charge in [-0.25, -0.2) is 8.78 Å². The monoisotopic (exact) mass is 262 g/mol. The SMILES string of the molecule is Nc1cc(F)c(F)cc1-c1nc(-c2ccc[nH]2)no1. The fraction of sp³-hybridized carbons (Fsp3) is 0. The first-order valence-corrected chi connectivity index (χ1v) is 5.37. The van der Waals surface area contributed by atoms with Crippen molar-refractivity contribution >= 4 is 5.69 Å². The highest BCUT2D eigenvalue weighted by Crippen LogP contribution is 2.28. The lowest BCUT2D eigenvalue weighted by Crippen LogP contribution is -1.94. The number of nitrogens with one attached hydrogen (secondary N) is 1. The minimum atomic E-state index is -1.02. The van der Waals surface area contributed by atoms with E-state index in [0.29, 0.717) is 11.5 Å². The average molecular weight is 262 g/mol. The lowest BCUT2D eigenvalue weighted by Gasteiger charge is -2.01. The van der Waals surface area contributed by atoms with E-state index in [9.17, 15) is 8.78 Å². The van der Waals surface area contributed by atoms with Crippen LogP contribution in [0.25, 0.3) is 23.0 Å². The van der Waals surface area contributed by atoms with E-state index >= 15 is 0 Å². The molecule has 0 saturated heterocycles. The average Bonchev–Trinajstić information content (AvgIpc) is 3.03. The summed E-state index contributed by atoms with van der Waals surface area (Å²) >= 11 is 0. The minimum Gasteiger partial charge on any atom is -0.398 e. The summed E-state index contributed by atoms with van der Waals surface area (Å²) in [6, 6.07) is 5.33. The molecule has 3 rings (SSSR count). The zero-order valence-corrected chi connectivity index (χ0v) is 9.52. The molecule has 19 heavy (non-hydrogen) atoms. The van der Waals surface area contributed by atoms with Gasteiger partial charge in [-0.3, -0.25) is 0 Å². The Bertz CT molecular complexity index is 721. The van der Waals surface area contributed by atoms with Crippen molar-refractivity contribution in [3.63, 3.8) is 0 Å². The highest BCUT2D eigenvalue weighted by Gasteiger charge is 2.16. The third kappa shape index (κ3) is 1.95. The van der Waals surface area contributed by atoms with Gasteiger partial charge in [0.25, 0.3) is 5.89 Å². The van der Waals surface area contributed by atoms with Gasteiger partial charge in [0.1, 0.15) is 0 Å². The van der Waals surface area contributed by atoms with Crippen LogP contribution >= 0.6 is 0 Å². The predicted molar refractivity (Wildman–Crippen MR) is 63.8 cm³/mol. The molecule has 3 aromatic rings. The van der Waals surface area contributed by atoms with Crippen LogP contribution in [0.2, 0.25) is 0 Å². The van der Waals surface area contributed by atoms with Crippen LogP contribution < -0.4 is 5.73 Å². The summed E-state index contributed by atoms with van der Waals surface area (Å²) in [7, 11) is 0. The van der Waals surface area contributed by atoms with Gasteiger partial charge in [-0.1, -0.05) is 5.16 Å². The van der Waals surface area contributed by atoms with E-state index < -0.39 is 11.6 Å². The molecule has 0 fully saturated rings. The van der Waals surface area contributed by atoms with E-state index in [1.165, 1.54) is 0 Å². The van der Waals surface area contributed by atoms with Gasteiger partial charge >= 0.3 is 0 Å². The summed E-state index contributed by atoms with van der Waals surface area (Å²) in [5, 5.41) is 3.74. The molecule has 0 amide bonds. The van der Waals surface area contributed by atoms with Gasteiger partial charge in [-0.15, -0.1) is 0 Å². The number of H-pyrrole nitrogens is 1. The smallest absolute Gasteiger partial charge is 0.260 e. The highest BCUT2D eigenvalue weighted by molar-refractivity contribution is 5.71. The van der Waals surface area contributed by atoms with Crippen LogP contribution in [0.15, 0.2) is 35.0 Å².